The van der Waals surface area contributed by atoms with E-state index in [2.05, 4.69) is 30.3 Å². The number of ether oxygens (including phenoxy) is 2. The van der Waals surface area contributed by atoms with Crippen molar-refractivity contribution in [3.05, 3.63) is 35.2 Å². The minimum Gasteiger partial charge on any atom is -0.444 e. The molecule has 25 heavy (non-hydrogen) atoms. The average molecular weight is 362 g/mol. The number of hydrogen-bond acceptors (Lipinski definition) is 4. The minimum atomic E-state index is -0.429. The highest BCUT2D eigenvalue weighted by molar-refractivity contribution is 7.19. The van der Waals surface area contributed by atoms with Crippen LogP contribution >= 0.6 is 11.3 Å². The highest BCUT2D eigenvalue weighted by atomic mass is 32.1. The summed E-state index contributed by atoms with van der Waals surface area (Å²) in [4.78, 5) is 15.2. The first-order valence-corrected chi connectivity index (χ1v) is 9.75. The van der Waals surface area contributed by atoms with Gasteiger partial charge in [0.15, 0.2) is 0 Å². The molecular formula is C20H27NO3S. The number of hydrogen-bond donors (Lipinski definition) is 0. The van der Waals surface area contributed by atoms with Crippen LogP contribution in [0, 0.1) is 5.92 Å². The molecule has 0 N–H and O–H groups in total. The molecule has 0 spiro atoms. The highest BCUT2D eigenvalue weighted by Gasteiger charge is 2.26. The monoisotopic (exact) mass is 361 g/mol. The molecule has 1 saturated heterocycles. The van der Waals surface area contributed by atoms with Crippen molar-refractivity contribution in [2.75, 3.05) is 19.7 Å². The summed E-state index contributed by atoms with van der Waals surface area (Å²) in [6.07, 6.45) is 1.76. The SMILES string of the molecule is CC(C)(C)OC(=O)N1CCC(COCc2cc3ccccc3s2)CC1. The van der Waals surface area contributed by atoms with Crippen molar-refractivity contribution < 1.29 is 14.3 Å². The van der Waals surface area contributed by atoms with E-state index in [1.807, 2.05) is 25.7 Å². The molecule has 2 heterocycles. The molecule has 1 amide bonds. The van der Waals surface area contributed by atoms with Crippen molar-refractivity contribution in [1.82, 2.24) is 4.90 Å². The standard InChI is InChI=1S/C20H27NO3S/c1-20(2,3)24-19(22)21-10-8-15(9-11-21)13-23-14-17-12-16-6-4-5-7-18(16)25-17/h4-7,12,15H,8-11,13-14H2,1-3H3. The van der Waals surface area contributed by atoms with Gasteiger partial charge in [-0.1, -0.05) is 18.2 Å². The van der Waals surface area contributed by atoms with Crippen molar-refractivity contribution in [2.24, 2.45) is 5.92 Å². The van der Waals surface area contributed by atoms with Crippen LogP contribution in [-0.2, 0) is 16.1 Å². The second-order valence-electron chi connectivity index (χ2n) is 7.68. The van der Waals surface area contributed by atoms with Gasteiger partial charge in [0.2, 0.25) is 0 Å². The van der Waals surface area contributed by atoms with Crippen LogP contribution in [0.15, 0.2) is 30.3 Å². The first kappa shape index (κ1) is 18.2. The molecule has 1 fully saturated rings. The van der Waals surface area contributed by atoms with E-state index in [-0.39, 0.29) is 6.09 Å². The van der Waals surface area contributed by atoms with Gasteiger partial charge in [-0.25, -0.2) is 4.79 Å². The van der Waals surface area contributed by atoms with Crippen LogP contribution in [-0.4, -0.2) is 36.3 Å². The van der Waals surface area contributed by atoms with E-state index in [0.717, 1.165) is 32.5 Å². The van der Waals surface area contributed by atoms with Gasteiger partial charge >= 0.3 is 6.09 Å². The number of benzene rings is 1. The van der Waals surface area contributed by atoms with Crippen LogP contribution in [0.5, 0.6) is 0 Å². The van der Waals surface area contributed by atoms with Crippen LogP contribution in [0.25, 0.3) is 10.1 Å². The highest BCUT2D eigenvalue weighted by Crippen LogP contribution is 2.26. The Hall–Kier alpha value is -1.59. The summed E-state index contributed by atoms with van der Waals surface area (Å²) >= 11 is 1.80. The maximum absolute atomic E-state index is 12.1. The normalized spacial score (nSPS) is 16.4. The predicted octanol–water partition coefficient (Wildman–Crippen LogP) is 5.07. The largest absolute Gasteiger partial charge is 0.444 e. The van der Waals surface area contributed by atoms with Gasteiger partial charge < -0.3 is 14.4 Å². The molecule has 136 valence electrons. The minimum absolute atomic E-state index is 0.197. The zero-order chi connectivity index (χ0) is 17.9. The van der Waals surface area contributed by atoms with E-state index in [1.165, 1.54) is 15.0 Å². The Labute approximate surface area is 153 Å². The Morgan fingerprint density at radius 2 is 1.96 bits per heavy atom. The Kier molecular flexibility index (Phi) is 5.64. The number of likely N-dealkylation sites (tertiary alicyclic amines) is 1. The summed E-state index contributed by atoms with van der Waals surface area (Å²) in [5.74, 6) is 0.521. The molecule has 5 heteroatoms. The first-order chi connectivity index (χ1) is 11.9. The molecule has 0 aliphatic carbocycles. The molecular weight excluding hydrogens is 334 g/mol. The smallest absolute Gasteiger partial charge is 0.410 e. The van der Waals surface area contributed by atoms with E-state index >= 15 is 0 Å². The summed E-state index contributed by atoms with van der Waals surface area (Å²) in [6, 6.07) is 10.6. The van der Waals surface area contributed by atoms with Crippen LogP contribution in [0.3, 0.4) is 0 Å². The second-order valence-corrected chi connectivity index (χ2v) is 8.84. The number of thiophene rings is 1. The number of piperidine rings is 1. The molecule has 0 saturated carbocycles. The lowest BCUT2D eigenvalue weighted by Crippen LogP contribution is -2.42. The lowest BCUT2D eigenvalue weighted by atomic mass is 9.98. The Bertz CT molecular complexity index is 678. The number of fused-ring (bicyclic) bond motifs is 1. The van der Waals surface area contributed by atoms with Crippen molar-refractivity contribution in [1.29, 1.82) is 0 Å². The van der Waals surface area contributed by atoms with Gasteiger partial charge in [0, 0.05) is 22.7 Å². The number of nitrogens with zero attached hydrogens (tertiary/aromatic N) is 1. The van der Waals surface area contributed by atoms with Crippen LogP contribution in [0.2, 0.25) is 0 Å². The molecule has 3 rings (SSSR count). The molecule has 1 aromatic carbocycles. The number of amides is 1. The summed E-state index contributed by atoms with van der Waals surface area (Å²) in [7, 11) is 0. The van der Waals surface area contributed by atoms with Gasteiger partial charge in [0.1, 0.15) is 5.60 Å². The van der Waals surface area contributed by atoms with E-state index in [4.69, 9.17) is 9.47 Å². The molecule has 0 atom stereocenters. The molecule has 1 aliphatic rings. The van der Waals surface area contributed by atoms with E-state index in [0.29, 0.717) is 12.5 Å². The summed E-state index contributed by atoms with van der Waals surface area (Å²) in [6.45, 7) is 8.65. The van der Waals surface area contributed by atoms with E-state index in [9.17, 15) is 4.79 Å². The van der Waals surface area contributed by atoms with Crippen molar-refractivity contribution >= 4 is 27.5 Å². The van der Waals surface area contributed by atoms with E-state index < -0.39 is 5.60 Å². The van der Waals surface area contributed by atoms with Crippen LogP contribution in [0.1, 0.15) is 38.5 Å². The number of carbonyl (C=O) groups excluding carboxylic acids is 1. The van der Waals surface area contributed by atoms with Gasteiger partial charge in [-0.05, 0) is 57.0 Å². The van der Waals surface area contributed by atoms with Gasteiger partial charge in [-0.2, -0.15) is 0 Å². The molecule has 0 bridgehead atoms. The first-order valence-electron chi connectivity index (χ1n) is 8.94. The third-order valence-corrected chi connectivity index (χ3v) is 5.43. The van der Waals surface area contributed by atoms with Crippen LogP contribution in [0.4, 0.5) is 4.79 Å². The lowest BCUT2D eigenvalue weighted by molar-refractivity contribution is 0.0107. The van der Waals surface area contributed by atoms with Crippen molar-refractivity contribution in [3.63, 3.8) is 0 Å². The third-order valence-electron chi connectivity index (χ3n) is 4.34. The fourth-order valence-corrected chi connectivity index (χ4v) is 4.04. The van der Waals surface area contributed by atoms with Crippen molar-refractivity contribution in [3.8, 4) is 0 Å². The Balaban J connectivity index is 1.40. The molecule has 0 radical (unpaired) electrons. The quantitative estimate of drug-likeness (QED) is 0.763. The lowest BCUT2D eigenvalue weighted by Gasteiger charge is -2.33. The zero-order valence-corrected chi connectivity index (χ0v) is 16.1. The maximum Gasteiger partial charge on any atom is 0.410 e. The molecule has 1 aliphatic heterocycles. The summed E-state index contributed by atoms with van der Waals surface area (Å²) in [5, 5.41) is 1.29. The Morgan fingerprint density at radius 3 is 2.64 bits per heavy atom. The van der Waals surface area contributed by atoms with Gasteiger partial charge in [-0.15, -0.1) is 11.3 Å². The van der Waals surface area contributed by atoms with E-state index in [1.54, 1.807) is 11.3 Å². The second kappa shape index (κ2) is 7.75. The zero-order valence-electron chi connectivity index (χ0n) is 15.3. The summed E-state index contributed by atoms with van der Waals surface area (Å²) in [5.41, 5.74) is -0.429. The van der Waals surface area contributed by atoms with Gasteiger partial charge in [-0.3, -0.25) is 0 Å². The van der Waals surface area contributed by atoms with Crippen molar-refractivity contribution in [2.45, 2.75) is 45.8 Å². The topological polar surface area (TPSA) is 38.8 Å². The average Bonchev–Trinajstić information content (AvgIpc) is 2.96. The van der Waals surface area contributed by atoms with Gasteiger partial charge in [0.25, 0.3) is 0 Å². The van der Waals surface area contributed by atoms with Gasteiger partial charge in [0.05, 0.1) is 13.2 Å². The summed E-state index contributed by atoms with van der Waals surface area (Å²) < 4.78 is 12.7. The third kappa shape index (κ3) is 5.19. The predicted molar refractivity (Wildman–Crippen MR) is 102 cm³/mol. The fraction of sp³-hybridized carbons (Fsp3) is 0.550. The number of carbonyl (C=O) groups is 1. The number of rotatable bonds is 4. The van der Waals surface area contributed by atoms with Crippen LogP contribution < -0.4 is 0 Å². The Morgan fingerprint density at radius 1 is 1.24 bits per heavy atom. The molecule has 0 unspecified atom stereocenters. The maximum atomic E-state index is 12.1. The fourth-order valence-electron chi connectivity index (χ4n) is 3.04. The molecule has 4 nitrogen and oxygen atoms in total. The molecule has 2 aromatic rings. The molecule has 1 aromatic heterocycles.